The molecular formula is C24H22N4O2. The third-order valence-corrected chi connectivity index (χ3v) is 5.65. The van der Waals surface area contributed by atoms with E-state index in [9.17, 15) is 9.59 Å². The van der Waals surface area contributed by atoms with Crippen LogP contribution in [0.25, 0.3) is 22.3 Å². The number of amides is 1. The molecule has 1 aliphatic rings. The highest BCUT2D eigenvalue weighted by molar-refractivity contribution is 6.06. The van der Waals surface area contributed by atoms with Gasteiger partial charge in [-0.2, -0.15) is 0 Å². The van der Waals surface area contributed by atoms with Crippen molar-refractivity contribution in [3.63, 3.8) is 0 Å². The molecule has 1 amide bonds. The first kappa shape index (κ1) is 18.4. The van der Waals surface area contributed by atoms with Crippen LogP contribution in [0.4, 0.5) is 5.69 Å². The van der Waals surface area contributed by atoms with Crippen molar-refractivity contribution in [3.05, 3.63) is 81.4 Å². The van der Waals surface area contributed by atoms with Gasteiger partial charge in [0.15, 0.2) is 0 Å². The number of carbonyl (C=O) groups is 1. The molecule has 2 heterocycles. The van der Waals surface area contributed by atoms with E-state index in [2.05, 4.69) is 20.3 Å². The molecular weight excluding hydrogens is 376 g/mol. The van der Waals surface area contributed by atoms with Gasteiger partial charge in [-0.3, -0.25) is 9.59 Å². The van der Waals surface area contributed by atoms with Gasteiger partial charge in [0.2, 0.25) is 0 Å². The summed E-state index contributed by atoms with van der Waals surface area (Å²) in [6, 6.07) is 14.6. The van der Waals surface area contributed by atoms with Crippen molar-refractivity contribution in [2.75, 3.05) is 5.32 Å². The fourth-order valence-corrected chi connectivity index (χ4v) is 4.18. The molecule has 0 unspecified atom stereocenters. The van der Waals surface area contributed by atoms with Gasteiger partial charge in [0.05, 0.1) is 0 Å². The highest BCUT2D eigenvalue weighted by Crippen LogP contribution is 2.30. The van der Waals surface area contributed by atoms with Gasteiger partial charge in [0, 0.05) is 45.2 Å². The van der Waals surface area contributed by atoms with Crippen LogP contribution >= 0.6 is 0 Å². The number of aromatic amines is 2. The molecule has 0 aliphatic heterocycles. The van der Waals surface area contributed by atoms with E-state index in [1.807, 2.05) is 42.5 Å². The second kappa shape index (κ2) is 7.30. The van der Waals surface area contributed by atoms with Crippen LogP contribution in [-0.4, -0.2) is 20.9 Å². The lowest BCUT2D eigenvalue weighted by Gasteiger charge is -2.11. The molecule has 150 valence electrons. The van der Waals surface area contributed by atoms with E-state index in [1.165, 1.54) is 30.2 Å². The van der Waals surface area contributed by atoms with Crippen molar-refractivity contribution < 1.29 is 4.79 Å². The van der Waals surface area contributed by atoms with Crippen LogP contribution < -0.4 is 10.9 Å². The van der Waals surface area contributed by atoms with E-state index < -0.39 is 0 Å². The first-order valence-corrected chi connectivity index (χ1v) is 10.2. The quantitative estimate of drug-likeness (QED) is 0.479. The summed E-state index contributed by atoms with van der Waals surface area (Å²) in [5.41, 5.74) is 6.36. The zero-order valence-corrected chi connectivity index (χ0v) is 16.7. The number of rotatable bonds is 3. The highest BCUT2D eigenvalue weighted by Gasteiger charge is 2.17. The SMILES string of the molecule is Cc1cc(=O)[nH]c(-c2ccc(NC(=O)c3ccc4[nH]c5c(c4c3)CCCC5)cc2)n1. The molecule has 0 fully saturated rings. The molecule has 6 heteroatoms. The molecule has 2 aromatic carbocycles. The average molecular weight is 398 g/mol. The highest BCUT2D eigenvalue weighted by atomic mass is 16.1. The number of anilines is 1. The molecule has 1 aliphatic carbocycles. The number of hydrogen-bond donors (Lipinski definition) is 3. The molecule has 4 aromatic rings. The van der Waals surface area contributed by atoms with Gasteiger partial charge in [-0.1, -0.05) is 0 Å². The smallest absolute Gasteiger partial charge is 0.255 e. The normalized spacial score (nSPS) is 13.2. The van der Waals surface area contributed by atoms with Gasteiger partial charge < -0.3 is 15.3 Å². The lowest BCUT2D eigenvalue weighted by atomic mass is 9.95. The molecule has 30 heavy (non-hydrogen) atoms. The largest absolute Gasteiger partial charge is 0.358 e. The molecule has 2 aromatic heterocycles. The molecule has 5 rings (SSSR count). The summed E-state index contributed by atoms with van der Waals surface area (Å²) in [4.78, 5) is 35.1. The van der Waals surface area contributed by atoms with E-state index >= 15 is 0 Å². The second-order valence-electron chi connectivity index (χ2n) is 7.82. The minimum atomic E-state index is -0.183. The summed E-state index contributed by atoms with van der Waals surface area (Å²) in [6.07, 6.45) is 4.56. The van der Waals surface area contributed by atoms with Crippen molar-refractivity contribution >= 4 is 22.5 Å². The van der Waals surface area contributed by atoms with Crippen LogP contribution in [0.3, 0.4) is 0 Å². The van der Waals surface area contributed by atoms with Crippen molar-refractivity contribution in [2.45, 2.75) is 32.6 Å². The number of benzene rings is 2. The van der Waals surface area contributed by atoms with E-state index in [1.54, 1.807) is 6.92 Å². The Hall–Kier alpha value is -3.67. The Bertz CT molecular complexity index is 1320. The van der Waals surface area contributed by atoms with Crippen LogP contribution in [0.15, 0.2) is 53.3 Å². The monoisotopic (exact) mass is 398 g/mol. The zero-order valence-electron chi connectivity index (χ0n) is 16.7. The van der Waals surface area contributed by atoms with Gasteiger partial charge in [0.25, 0.3) is 11.5 Å². The van der Waals surface area contributed by atoms with E-state index in [4.69, 9.17) is 0 Å². The standard InChI is InChI=1S/C24H22N4O2/c1-14-12-22(29)28-23(25-14)15-6-9-17(10-7-15)26-24(30)16-8-11-21-19(13-16)18-4-2-3-5-20(18)27-21/h6-13,27H,2-5H2,1H3,(H,26,30)(H,25,28,29). The minimum Gasteiger partial charge on any atom is -0.358 e. The van der Waals surface area contributed by atoms with E-state index in [-0.39, 0.29) is 11.5 Å². The predicted octanol–water partition coefficient (Wildman–Crippen LogP) is 4.36. The van der Waals surface area contributed by atoms with E-state index in [0.717, 1.165) is 29.3 Å². The lowest BCUT2D eigenvalue weighted by molar-refractivity contribution is 0.102. The number of nitrogens with one attached hydrogen (secondary N) is 3. The number of carbonyl (C=O) groups excluding carboxylic acids is 1. The zero-order chi connectivity index (χ0) is 20.7. The number of H-pyrrole nitrogens is 2. The molecule has 0 saturated heterocycles. The van der Waals surface area contributed by atoms with Crippen molar-refractivity contribution in [1.29, 1.82) is 0 Å². The fourth-order valence-electron chi connectivity index (χ4n) is 4.18. The van der Waals surface area contributed by atoms with Crippen LogP contribution in [0, 0.1) is 6.92 Å². The van der Waals surface area contributed by atoms with Gasteiger partial charge in [-0.25, -0.2) is 4.98 Å². The Kier molecular flexibility index (Phi) is 4.47. The minimum absolute atomic E-state index is 0.141. The van der Waals surface area contributed by atoms with Crippen molar-refractivity contribution in [1.82, 2.24) is 15.0 Å². The topological polar surface area (TPSA) is 90.6 Å². The van der Waals surface area contributed by atoms with Gasteiger partial charge in [0.1, 0.15) is 5.82 Å². The molecule has 0 atom stereocenters. The third kappa shape index (κ3) is 3.41. The van der Waals surface area contributed by atoms with Crippen molar-refractivity contribution in [3.8, 4) is 11.4 Å². The first-order valence-electron chi connectivity index (χ1n) is 10.2. The van der Waals surface area contributed by atoms with Crippen LogP contribution in [0.2, 0.25) is 0 Å². The number of nitrogens with zero attached hydrogens (tertiary/aromatic N) is 1. The molecule has 0 spiro atoms. The van der Waals surface area contributed by atoms with E-state index in [0.29, 0.717) is 22.8 Å². The summed E-state index contributed by atoms with van der Waals surface area (Å²) in [5.74, 6) is 0.373. The molecule has 0 radical (unpaired) electrons. The summed E-state index contributed by atoms with van der Waals surface area (Å²) in [5, 5.41) is 4.11. The average Bonchev–Trinajstić information content (AvgIpc) is 3.11. The van der Waals surface area contributed by atoms with Crippen molar-refractivity contribution in [2.24, 2.45) is 0 Å². The Morgan fingerprint density at radius 3 is 2.60 bits per heavy atom. The predicted molar refractivity (Wildman–Crippen MR) is 118 cm³/mol. The number of fused-ring (bicyclic) bond motifs is 3. The Morgan fingerprint density at radius 2 is 1.80 bits per heavy atom. The summed E-state index contributed by atoms with van der Waals surface area (Å²) in [7, 11) is 0. The van der Waals surface area contributed by atoms with Gasteiger partial charge >= 0.3 is 0 Å². The Labute approximate surface area is 173 Å². The maximum absolute atomic E-state index is 12.8. The van der Waals surface area contributed by atoms with Crippen LogP contribution in [-0.2, 0) is 12.8 Å². The van der Waals surface area contributed by atoms with Crippen LogP contribution in [0.1, 0.15) is 40.2 Å². The Balaban J connectivity index is 1.38. The molecule has 0 saturated carbocycles. The molecule has 0 bridgehead atoms. The maximum atomic E-state index is 12.8. The fraction of sp³-hybridized carbons (Fsp3) is 0.208. The molecule has 3 N–H and O–H groups in total. The first-order chi connectivity index (χ1) is 14.6. The Morgan fingerprint density at radius 1 is 1.00 bits per heavy atom. The summed E-state index contributed by atoms with van der Waals surface area (Å²) in [6.45, 7) is 1.78. The second-order valence-corrected chi connectivity index (χ2v) is 7.82. The summed E-state index contributed by atoms with van der Waals surface area (Å²) < 4.78 is 0. The van der Waals surface area contributed by atoms with Crippen LogP contribution in [0.5, 0.6) is 0 Å². The van der Waals surface area contributed by atoms with Gasteiger partial charge in [-0.15, -0.1) is 0 Å². The summed E-state index contributed by atoms with van der Waals surface area (Å²) >= 11 is 0. The maximum Gasteiger partial charge on any atom is 0.255 e. The third-order valence-electron chi connectivity index (χ3n) is 5.65. The number of aryl methyl sites for hydroxylation is 3. The number of hydrogen-bond acceptors (Lipinski definition) is 3. The molecule has 6 nitrogen and oxygen atoms in total. The lowest BCUT2D eigenvalue weighted by Crippen LogP contribution is -2.12. The number of aromatic nitrogens is 3. The van der Waals surface area contributed by atoms with Gasteiger partial charge in [-0.05, 0) is 80.6 Å².